The molecule has 1 aromatic heterocycles. The van der Waals surface area contributed by atoms with Crippen molar-refractivity contribution < 1.29 is 14.3 Å². The molecule has 2 N–H and O–H groups in total. The molecular weight excluding hydrogens is 283 g/mol. The summed E-state index contributed by atoms with van der Waals surface area (Å²) in [5.41, 5.74) is 1.20. The van der Waals surface area contributed by atoms with Gasteiger partial charge in [-0.05, 0) is 36.8 Å². The molecule has 0 spiro atoms. The van der Waals surface area contributed by atoms with Gasteiger partial charge in [0.15, 0.2) is 5.75 Å². The van der Waals surface area contributed by atoms with Gasteiger partial charge >= 0.3 is 0 Å². The Bertz CT molecular complexity index is 878. The van der Waals surface area contributed by atoms with Gasteiger partial charge in [0.2, 0.25) is 0 Å². The van der Waals surface area contributed by atoms with Gasteiger partial charge in [0.1, 0.15) is 11.3 Å². The lowest BCUT2D eigenvalue weighted by molar-refractivity contribution is 0.102. The van der Waals surface area contributed by atoms with E-state index in [0.717, 1.165) is 10.9 Å². The number of nitrogens with one attached hydrogen (secondary N) is 1. The monoisotopic (exact) mass is 296 g/mol. The van der Waals surface area contributed by atoms with Crippen LogP contribution in [0, 0.1) is 12.7 Å². The summed E-state index contributed by atoms with van der Waals surface area (Å²) >= 11 is 0. The first-order chi connectivity index (χ1) is 10.6. The molecule has 0 fully saturated rings. The molecule has 1 heterocycles. The first-order valence-corrected chi connectivity index (χ1v) is 6.70. The predicted octanol–water partition coefficient (Wildman–Crippen LogP) is 3.64. The second-order valence-corrected chi connectivity index (χ2v) is 4.97. The van der Waals surface area contributed by atoms with Crippen LogP contribution in [0.5, 0.6) is 5.75 Å². The second kappa shape index (κ2) is 5.44. The number of rotatable bonds is 2. The molecule has 0 aliphatic heterocycles. The van der Waals surface area contributed by atoms with Gasteiger partial charge in [0.25, 0.3) is 5.91 Å². The SMILES string of the molecule is Cc1ccc(NC(=O)c2ccc3cccnc3c2O)c(F)c1. The van der Waals surface area contributed by atoms with Crippen LogP contribution < -0.4 is 5.32 Å². The third-order valence-electron chi connectivity index (χ3n) is 3.37. The Morgan fingerprint density at radius 3 is 2.82 bits per heavy atom. The number of pyridine rings is 1. The molecule has 0 atom stereocenters. The Kier molecular flexibility index (Phi) is 3.47. The molecule has 2 aromatic carbocycles. The molecule has 3 rings (SSSR count). The Balaban J connectivity index is 1.97. The third kappa shape index (κ3) is 2.48. The van der Waals surface area contributed by atoms with Crippen molar-refractivity contribution in [2.24, 2.45) is 0 Å². The van der Waals surface area contributed by atoms with E-state index in [1.54, 1.807) is 31.2 Å². The Hall–Kier alpha value is -2.95. The first kappa shape index (κ1) is 14.0. The molecule has 0 bridgehead atoms. The van der Waals surface area contributed by atoms with Gasteiger partial charge in [0, 0.05) is 11.6 Å². The number of anilines is 1. The summed E-state index contributed by atoms with van der Waals surface area (Å²) in [6, 6.07) is 11.2. The maximum absolute atomic E-state index is 13.8. The highest BCUT2D eigenvalue weighted by Gasteiger charge is 2.16. The number of aryl methyl sites for hydroxylation is 1. The van der Waals surface area contributed by atoms with Gasteiger partial charge in [-0.1, -0.05) is 18.2 Å². The summed E-state index contributed by atoms with van der Waals surface area (Å²) in [6.07, 6.45) is 1.53. The number of amides is 1. The first-order valence-electron chi connectivity index (χ1n) is 6.70. The van der Waals surface area contributed by atoms with Crippen molar-refractivity contribution in [1.82, 2.24) is 4.98 Å². The molecular formula is C17H13FN2O2. The Morgan fingerprint density at radius 1 is 1.23 bits per heavy atom. The molecule has 5 heteroatoms. The van der Waals surface area contributed by atoms with Crippen LogP contribution >= 0.6 is 0 Å². The lowest BCUT2D eigenvalue weighted by Gasteiger charge is -2.09. The van der Waals surface area contributed by atoms with Crippen molar-refractivity contribution in [3.63, 3.8) is 0 Å². The van der Waals surface area contributed by atoms with Crippen molar-refractivity contribution in [2.75, 3.05) is 5.32 Å². The number of hydrogen-bond acceptors (Lipinski definition) is 3. The fraction of sp³-hybridized carbons (Fsp3) is 0.0588. The van der Waals surface area contributed by atoms with Crippen LogP contribution in [0.1, 0.15) is 15.9 Å². The Morgan fingerprint density at radius 2 is 2.05 bits per heavy atom. The van der Waals surface area contributed by atoms with Crippen molar-refractivity contribution in [3.05, 3.63) is 65.6 Å². The van der Waals surface area contributed by atoms with Crippen LogP contribution in [-0.4, -0.2) is 16.0 Å². The average molecular weight is 296 g/mol. The van der Waals surface area contributed by atoms with E-state index in [-0.39, 0.29) is 17.0 Å². The summed E-state index contributed by atoms with van der Waals surface area (Å²) in [4.78, 5) is 16.3. The number of nitrogens with zero attached hydrogens (tertiary/aromatic N) is 1. The molecule has 0 radical (unpaired) electrons. The summed E-state index contributed by atoms with van der Waals surface area (Å²) in [7, 11) is 0. The van der Waals surface area contributed by atoms with Crippen LogP contribution in [-0.2, 0) is 0 Å². The van der Waals surface area contributed by atoms with Crippen molar-refractivity contribution >= 4 is 22.5 Å². The molecule has 0 saturated carbocycles. The zero-order valence-corrected chi connectivity index (χ0v) is 11.8. The third-order valence-corrected chi connectivity index (χ3v) is 3.37. The highest BCUT2D eigenvalue weighted by atomic mass is 19.1. The van der Waals surface area contributed by atoms with E-state index in [1.807, 2.05) is 0 Å². The van der Waals surface area contributed by atoms with E-state index in [2.05, 4.69) is 10.3 Å². The van der Waals surface area contributed by atoms with Gasteiger partial charge in [0.05, 0.1) is 11.3 Å². The van der Waals surface area contributed by atoms with Crippen LogP contribution in [0.15, 0.2) is 48.7 Å². The topological polar surface area (TPSA) is 62.2 Å². The molecule has 0 saturated heterocycles. The van der Waals surface area contributed by atoms with E-state index in [1.165, 1.54) is 24.4 Å². The highest BCUT2D eigenvalue weighted by Crippen LogP contribution is 2.27. The molecule has 22 heavy (non-hydrogen) atoms. The molecule has 4 nitrogen and oxygen atoms in total. The van der Waals surface area contributed by atoms with Crippen LogP contribution in [0.4, 0.5) is 10.1 Å². The fourth-order valence-corrected chi connectivity index (χ4v) is 2.22. The van der Waals surface area contributed by atoms with Crippen molar-refractivity contribution in [2.45, 2.75) is 6.92 Å². The van der Waals surface area contributed by atoms with Crippen LogP contribution in [0.2, 0.25) is 0 Å². The van der Waals surface area contributed by atoms with Gasteiger partial charge in [-0.2, -0.15) is 0 Å². The summed E-state index contributed by atoms with van der Waals surface area (Å²) in [5, 5.41) is 13.4. The second-order valence-electron chi connectivity index (χ2n) is 4.97. The lowest BCUT2D eigenvalue weighted by atomic mass is 10.1. The standard InChI is InChI=1S/C17H13FN2O2/c1-10-4-7-14(13(18)9-10)20-17(22)12-6-5-11-3-2-8-19-15(11)16(12)21/h2-9,21H,1H3,(H,20,22). The minimum atomic E-state index is -0.590. The smallest absolute Gasteiger partial charge is 0.259 e. The number of aromatic nitrogens is 1. The molecule has 0 unspecified atom stereocenters. The maximum Gasteiger partial charge on any atom is 0.259 e. The quantitative estimate of drug-likeness (QED) is 0.759. The van der Waals surface area contributed by atoms with E-state index in [4.69, 9.17) is 0 Å². The minimum absolute atomic E-state index is 0.0474. The average Bonchev–Trinajstić information content (AvgIpc) is 2.50. The predicted molar refractivity (Wildman–Crippen MR) is 82.5 cm³/mol. The lowest BCUT2D eigenvalue weighted by Crippen LogP contribution is -2.13. The number of carbonyl (C=O) groups is 1. The zero-order valence-electron chi connectivity index (χ0n) is 11.8. The highest BCUT2D eigenvalue weighted by molar-refractivity contribution is 6.09. The van der Waals surface area contributed by atoms with E-state index in [9.17, 15) is 14.3 Å². The number of halogens is 1. The number of fused-ring (bicyclic) bond motifs is 1. The molecule has 0 aliphatic carbocycles. The molecule has 3 aromatic rings. The summed E-state index contributed by atoms with van der Waals surface area (Å²) in [6.45, 7) is 1.76. The van der Waals surface area contributed by atoms with Gasteiger partial charge in [-0.15, -0.1) is 0 Å². The molecule has 1 amide bonds. The summed E-state index contributed by atoms with van der Waals surface area (Å²) < 4.78 is 13.8. The number of hydrogen-bond donors (Lipinski definition) is 2. The van der Waals surface area contributed by atoms with Gasteiger partial charge in [-0.3, -0.25) is 9.78 Å². The van der Waals surface area contributed by atoms with Gasteiger partial charge < -0.3 is 10.4 Å². The summed E-state index contributed by atoms with van der Waals surface area (Å²) in [5.74, 6) is -1.33. The maximum atomic E-state index is 13.8. The zero-order chi connectivity index (χ0) is 15.7. The van der Waals surface area contributed by atoms with E-state index < -0.39 is 11.7 Å². The minimum Gasteiger partial charge on any atom is -0.505 e. The van der Waals surface area contributed by atoms with Crippen LogP contribution in [0.3, 0.4) is 0 Å². The Labute approximate surface area is 126 Å². The normalized spacial score (nSPS) is 10.6. The number of aromatic hydroxyl groups is 1. The van der Waals surface area contributed by atoms with E-state index >= 15 is 0 Å². The number of benzene rings is 2. The number of phenols is 1. The molecule has 110 valence electrons. The van der Waals surface area contributed by atoms with Crippen LogP contribution in [0.25, 0.3) is 10.9 Å². The fourth-order valence-electron chi connectivity index (χ4n) is 2.22. The number of carbonyl (C=O) groups excluding carboxylic acids is 1. The van der Waals surface area contributed by atoms with Crippen molar-refractivity contribution in [1.29, 1.82) is 0 Å². The van der Waals surface area contributed by atoms with Crippen molar-refractivity contribution in [3.8, 4) is 5.75 Å². The molecule has 0 aliphatic rings. The van der Waals surface area contributed by atoms with Gasteiger partial charge in [-0.25, -0.2) is 4.39 Å². The van der Waals surface area contributed by atoms with E-state index in [0.29, 0.717) is 5.52 Å². The largest absolute Gasteiger partial charge is 0.505 e. The number of phenolic OH excluding ortho intramolecular Hbond substituents is 1.